The molecule has 2 aromatic carbocycles. The fourth-order valence-electron chi connectivity index (χ4n) is 2.45. The van der Waals surface area contributed by atoms with Gasteiger partial charge in [0.15, 0.2) is 11.0 Å². The Balaban J connectivity index is 1.67. The molecular weight excluding hydrogens is 399 g/mol. The van der Waals surface area contributed by atoms with Crippen LogP contribution in [-0.2, 0) is 11.8 Å². The quantitative estimate of drug-likeness (QED) is 0.374. The van der Waals surface area contributed by atoms with Crippen molar-refractivity contribution in [1.29, 1.82) is 5.26 Å². The van der Waals surface area contributed by atoms with Crippen LogP contribution in [-0.4, -0.2) is 31.3 Å². The van der Waals surface area contributed by atoms with Gasteiger partial charge in [-0.1, -0.05) is 11.8 Å². The highest BCUT2D eigenvalue weighted by Crippen LogP contribution is 2.24. The first kappa shape index (κ1) is 20.0. The van der Waals surface area contributed by atoms with E-state index < -0.39 is 10.8 Å². The molecule has 3 rings (SSSR count). The predicted octanol–water partition coefficient (Wildman–Crippen LogP) is 3.13. The van der Waals surface area contributed by atoms with E-state index in [4.69, 9.17) is 5.26 Å². The molecular formula is C18H13FN6O3S. The molecule has 0 bridgehead atoms. The summed E-state index contributed by atoms with van der Waals surface area (Å²) in [6.45, 7) is 0. The molecule has 0 saturated carbocycles. The highest BCUT2D eigenvalue weighted by Gasteiger charge is 2.15. The number of rotatable bonds is 6. The van der Waals surface area contributed by atoms with Gasteiger partial charge in [-0.2, -0.15) is 5.26 Å². The summed E-state index contributed by atoms with van der Waals surface area (Å²) in [5.74, 6) is -0.260. The Kier molecular flexibility index (Phi) is 5.85. The van der Waals surface area contributed by atoms with Gasteiger partial charge < -0.3 is 9.88 Å². The van der Waals surface area contributed by atoms with Crippen LogP contribution in [0.4, 0.5) is 15.8 Å². The molecule has 0 unspecified atom stereocenters. The number of nitro benzene ring substituents is 1. The number of carbonyl (C=O) groups is 1. The molecule has 0 aliphatic carbocycles. The van der Waals surface area contributed by atoms with Crippen LogP contribution in [0, 0.1) is 27.3 Å². The van der Waals surface area contributed by atoms with E-state index in [0.29, 0.717) is 16.5 Å². The molecule has 0 atom stereocenters. The number of anilines is 1. The number of benzene rings is 2. The van der Waals surface area contributed by atoms with Gasteiger partial charge in [0.1, 0.15) is 11.9 Å². The second kappa shape index (κ2) is 8.49. The van der Waals surface area contributed by atoms with Crippen molar-refractivity contribution in [1.82, 2.24) is 14.8 Å². The van der Waals surface area contributed by atoms with Crippen molar-refractivity contribution in [2.24, 2.45) is 7.05 Å². The Labute approximate surface area is 168 Å². The van der Waals surface area contributed by atoms with Crippen LogP contribution in [0.3, 0.4) is 0 Å². The third kappa shape index (κ3) is 4.56. The molecule has 9 nitrogen and oxygen atoms in total. The van der Waals surface area contributed by atoms with Gasteiger partial charge in [0, 0.05) is 24.7 Å². The molecule has 0 fully saturated rings. The Morgan fingerprint density at radius 1 is 1.31 bits per heavy atom. The Hall–Kier alpha value is -3.78. The molecule has 0 saturated heterocycles. The van der Waals surface area contributed by atoms with E-state index in [-0.39, 0.29) is 28.5 Å². The first-order chi connectivity index (χ1) is 13.9. The van der Waals surface area contributed by atoms with Crippen molar-refractivity contribution in [3.05, 3.63) is 64.0 Å². The van der Waals surface area contributed by atoms with Gasteiger partial charge in [-0.3, -0.25) is 14.9 Å². The third-order valence-corrected chi connectivity index (χ3v) is 4.90. The molecule has 1 N–H and O–H groups in total. The lowest BCUT2D eigenvalue weighted by Gasteiger charge is -2.07. The highest BCUT2D eigenvalue weighted by atomic mass is 32.2. The molecule has 146 valence electrons. The van der Waals surface area contributed by atoms with Gasteiger partial charge in [-0.05, 0) is 30.3 Å². The number of nitriles is 1. The minimum atomic E-state index is -0.616. The average molecular weight is 412 g/mol. The van der Waals surface area contributed by atoms with E-state index in [2.05, 4.69) is 15.5 Å². The number of halogens is 1. The van der Waals surface area contributed by atoms with E-state index in [1.165, 1.54) is 24.3 Å². The molecule has 1 heterocycles. The SMILES string of the molecule is Cn1c(SCC(=O)Nc2ccc([N+](=O)[O-])cc2C#N)nnc1-c1ccc(F)cc1. The van der Waals surface area contributed by atoms with Crippen molar-refractivity contribution in [2.75, 3.05) is 11.1 Å². The first-order valence-electron chi connectivity index (χ1n) is 8.15. The fourth-order valence-corrected chi connectivity index (χ4v) is 3.17. The van der Waals surface area contributed by atoms with Gasteiger partial charge in [0.05, 0.1) is 21.9 Å². The molecule has 0 aliphatic heterocycles. The van der Waals surface area contributed by atoms with Gasteiger partial charge in [-0.15, -0.1) is 10.2 Å². The van der Waals surface area contributed by atoms with Crippen LogP contribution < -0.4 is 5.32 Å². The van der Waals surface area contributed by atoms with Gasteiger partial charge >= 0.3 is 0 Å². The minimum absolute atomic E-state index is 0.00481. The van der Waals surface area contributed by atoms with Gasteiger partial charge in [0.2, 0.25) is 5.91 Å². The first-order valence-corrected chi connectivity index (χ1v) is 9.14. The smallest absolute Gasteiger partial charge is 0.270 e. The third-order valence-electron chi connectivity index (χ3n) is 3.88. The van der Waals surface area contributed by atoms with Crippen LogP contribution in [0.15, 0.2) is 47.6 Å². The Morgan fingerprint density at radius 2 is 2.03 bits per heavy atom. The molecule has 29 heavy (non-hydrogen) atoms. The molecule has 3 aromatic rings. The number of nitro groups is 1. The summed E-state index contributed by atoms with van der Waals surface area (Å²) in [7, 11) is 1.73. The predicted molar refractivity (Wildman–Crippen MR) is 104 cm³/mol. The fraction of sp³-hybridized carbons (Fsp3) is 0.111. The summed E-state index contributed by atoms with van der Waals surface area (Å²) in [6, 6.07) is 11.3. The number of non-ortho nitro benzene ring substituents is 1. The molecule has 0 radical (unpaired) electrons. The number of thioether (sulfide) groups is 1. The van der Waals surface area contributed by atoms with Crippen molar-refractivity contribution >= 4 is 29.0 Å². The summed E-state index contributed by atoms with van der Waals surface area (Å²) in [6.07, 6.45) is 0. The number of hydrogen-bond acceptors (Lipinski definition) is 7. The molecule has 1 amide bonds. The number of carbonyl (C=O) groups excluding carboxylic acids is 1. The van der Waals surface area contributed by atoms with Crippen LogP contribution in [0.25, 0.3) is 11.4 Å². The molecule has 0 aliphatic rings. The second-order valence-corrected chi connectivity index (χ2v) is 6.75. The zero-order valence-corrected chi connectivity index (χ0v) is 15.8. The Morgan fingerprint density at radius 3 is 2.69 bits per heavy atom. The second-order valence-electron chi connectivity index (χ2n) is 5.81. The zero-order valence-electron chi connectivity index (χ0n) is 15.0. The van der Waals surface area contributed by atoms with Crippen molar-refractivity contribution in [3.8, 4) is 17.5 Å². The summed E-state index contributed by atoms with van der Waals surface area (Å²) >= 11 is 1.13. The number of hydrogen-bond donors (Lipinski definition) is 1. The summed E-state index contributed by atoms with van der Waals surface area (Å²) in [4.78, 5) is 22.4. The monoisotopic (exact) mass is 412 g/mol. The maximum Gasteiger partial charge on any atom is 0.270 e. The van der Waals surface area contributed by atoms with Crippen molar-refractivity contribution < 1.29 is 14.1 Å². The lowest BCUT2D eigenvalue weighted by atomic mass is 10.1. The number of aromatic nitrogens is 3. The number of amides is 1. The van der Waals surface area contributed by atoms with E-state index in [9.17, 15) is 19.3 Å². The summed E-state index contributed by atoms with van der Waals surface area (Å²) in [5, 5.41) is 31.1. The zero-order chi connectivity index (χ0) is 21.0. The van der Waals surface area contributed by atoms with Crippen LogP contribution in [0.2, 0.25) is 0 Å². The summed E-state index contributed by atoms with van der Waals surface area (Å²) in [5.41, 5.74) is 0.632. The standard InChI is InChI=1S/C18H13FN6O3S/c1-24-17(11-2-4-13(19)5-3-11)22-23-18(24)29-10-16(26)21-15-7-6-14(25(27)28)8-12(15)9-20/h2-8H,10H2,1H3,(H,21,26). The van der Waals surface area contributed by atoms with Gasteiger partial charge in [0.25, 0.3) is 5.69 Å². The maximum atomic E-state index is 13.1. The van der Waals surface area contributed by atoms with Crippen molar-refractivity contribution in [2.45, 2.75) is 5.16 Å². The molecule has 0 spiro atoms. The lowest BCUT2D eigenvalue weighted by molar-refractivity contribution is -0.384. The summed E-state index contributed by atoms with van der Waals surface area (Å²) < 4.78 is 14.7. The molecule has 11 heteroatoms. The van der Waals surface area contributed by atoms with Crippen LogP contribution in [0.5, 0.6) is 0 Å². The number of nitrogens with one attached hydrogen (secondary N) is 1. The van der Waals surface area contributed by atoms with E-state index in [0.717, 1.165) is 17.8 Å². The van der Waals surface area contributed by atoms with Gasteiger partial charge in [-0.25, -0.2) is 4.39 Å². The van der Waals surface area contributed by atoms with Crippen LogP contribution >= 0.6 is 11.8 Å². The van der Waals surface area contributed by atoms with E-state index in [1.54, 1.807) is 23.7 Å². The van der Waals surface area contributed by atoms with E-state index >= 15 is 0 Å². The van der Waals surface area contributed by atoms with Crippen molar-refractivity contribution in [3.63, 3.8) is 0 Å². The number of nitrogens with zero attached hydrogens (tertiary/aromatic N) is 5. The highest BCUT2D eigenvalue weighted by molar-refractivity contribution is 7.99. The largest absolute Gasteiger partial charge is 0.324 e. The molecule has 1 aromatic heterocycles. The normalized spacial score (nSPS) is 10.4. The van der Waals surface area contributed by atoms with E-state index in [1.807, 2.05) is 6.07 Å². The van der Waals surface area contributed by atoms with Crippen LogP contribution in [0.1, 0.15) is 5.56 Å². The average Bonchev–Trinajstić information content (AvgIpc) is 3.07. The topological polar surface area (TPSA) is 127 Å². The lowest BCUT2D eigenvalue weighted by Crippen LogP contribution is -2.15. The minimum Gasteiger partial charge on any atom is -0.324 e. The Bertz CT molecular complexity index is 1120. The maximum absolute atomic E-state index is 13.1.